The number of aromatic nitrogens is 2. The SMILES string of the molecule is Fc1cc(F)c2[nH]c(=S)n(CC3CCCCO3)c2c1. The lowest BCUT2D eigenvalue weighted by atomic mass is 10.1. The Bertz CT molecular complexity index is 658. The van der Waals surface area contributed by atoms with Crippen LogP contribution < -0.4 is 0 Å². The number of nitrogens with one attached hydrogen (secondary N) is 1. The van der Waals surface area contributed by atoms with Gasteiger partial charge in [-0.25, -0.2) is 8.78 Å². The Kier molecular flexibility index (Phi) is 3.36. The molecule has 2 heterocycles. The van der Waals surface area contributed by atoms with Crippen LogP contribution in [0, 0.1) is 16.4 Å². The third-order valence-corrected chi connectivity index (χ3v) is 3.78. The Labute approximate surface area is 114 Å². The molecule has 1 unspecified atom stereocenters. The third-order valence-electron chi connectivity index (χ3n) is 3.46. The van der Waals surface area contributed by atoms with E-state index in [0.29, 0.717) is 16.8 Å². The molecule has 19 heavy (non-hydrogen) atoms. The summed E-state index contributed by atoms with van der Waals surface area (Å²) in [5.41, 5.74) is 0.707. The zero-order chi connectivity index (χ0) is 13.4. The number of rotatable bonds is 2. The van der Waals surface area contributed by atoms with Crippen LogP contribution in [0.25, 0.3) is 11.0 Å². The van der Waals surface area contributed by atoms with E-state index < -0.39 is 11.6 Å². The van der Waals surface area contributed by atoms with Crippen molar-refractivity contribution >= 4 is 23.3 Å². The molecule has 102 valence electrons. The Balaban J connectivity index is 2.02. The highest BCUT2D eigenvalue weighted by atomic mass is 32.1. The first-order chi connectivity index (χ1) is 9.15. The minimum absolute atomic E-state index is 0.0609. The van der Waals surface area contributed by atoms with Crippen LogP contribution in [0.1, 0.15) is 19.3 Å². The maximum atomic E-state index is 13.7. The normalized spacial score (nSPS) is 20.0. The number of H-pyrrole nitrogens is 1. The van der Waals surface area contributed by atoms with E-state index in [1.807, 2.05) is 0 Å². The molecule has 0 spiro atoms. The van der Waals surface area contributed by atoms with E-state index in [-0.39, 0.29) is 11.6 Å². The van der Waals surface area contributed by atoms with Crippen LogP contribution >= 0.6 is 12.2 Å². The Morgan fingerprint density at radius 3 is 2.95 bits per heavy atom. The topological polar surface area (TPSA) is 29.9 Å². The summed E-state index contributed by atoms with van der Waals surface area (Å²) >= 11 is 5.19. The van der Waals surface area contributed by atoms with Gasteiger partial charge in [-0.05, 0) is 37.5 Å². The Morgan fingerprint density at radius 2 is 2.21 bits per heavy atom. The monoisotopic (exact) mass is 284 g/mol. The van der Waals surface area contributed by atoms with Gasteiger partial charge in [0.15, 0.2) is 10.6 Å². The maximum Gasteiger partial charge on any atom is 0.178 e. The van der Waals surface area contributed by atoms with E-state index >= 15 is 0 Å². The number of hydrogen-bond acceptors (Lipinski definition) is 2. The zero-order valence-corrected chi connectivity index (χ0v) is 11.1. The van der Waals surface area contributed by atoms with Crippen LogP contribution in [0.15, 0.2) is 12.1 Å². The fourth-order valence-electron chi connectivity index (χ4n) is 2.52. The van der Waals surface area contributed by atoms with E-state index in [1.165, 1.54) is 6.07 Å². The molecule has 1 atom stereocenters. The number of halogens is 2. The van der Waals surface area contributed by atoms with Gasteiger partial charge in [0, 0.05) is 12.7 Å². The molecule has 1 aliphatic heterocycles. The number of fused-ring (bicyclic) bond motifs is 1. The molecule has 0 aliphatic carbocycles. The molecule has 2 aromatic rings. The minimum Gasteiger partial charge on any atom is -0.376 e. The first kappa shape index (κ1) is 12.7. The molecule has 6 heteroatoms. The predicted molar refractivity (Wildman–Crippen MR) is 70.6 cm³/mol. The average Bonchev–Trinajstić information content (AvgIpc) is 2.69. The highest BCUT2D eigenvalue weighted by Crippen LogP contribution is 2.22. The van der Waals surface area contributed by atoms with Gasteiger partial charge in [0.25, 0.3) is 0 Å². The molecule has 3 rings (SSSR count). The van der Waals surface area contributed by atoms with Crippen molar-refractivity contribution in [3.63, 3.8) is 0 Å². The van der Waals surface area contributed by atoms with Gasteiger partial charge in [0.1, 0.15) is 11.3 Å². The Hall–Kier alpha value is -1.27. The summed E-state index contributed by atoms with van der Waals surface area (Å²) in [5.74, 6) is -1.22. The summed E-state index contributed by atoms with van der Waals surface area (Å²) in [6, 6.07) is 2.16. The van der Waals surface area contributed by atoms with Crippen molar-refractivity contribution in [2.45, 2.75) is 31.9 Å². The summed E-state index contributed by atoms with van der Waals surface area (Å²) in [6.07, 6.45) is 3.19. The standard InChI is InChI=1S/C13H14F2N2OS/c14-8-5-10(15)12-11(6-8)17(13(19)16-12)7-9-3-1-2-4-18-9/h5-6,9H,1-4,7H2,(H,16,19). The lowest BCUT2D eigenvalue weighted by Gasteiger charge is -2.23. The summed E-state index contributed by atoms with van der Waals surface area (Å²) in [6.45, 7) is 1.27. The molecule has 0 radical (unpaired) electrons. The fraction of sp³-hybridized carbons (Fsp3) is 0.462. The average molecular weight is 284 g/mol. The van der Waals surface area contributed by atoms with E-state index in [2.05, 4.69) is 4.98 Å². The second-order valence-electron chi connectivity index (χ2n) is 4.81. The summed E-state index contributed by atoms with van der Waals surface area (Å²) in [7, 11) is 0. The van der Waals surface area contributed by atoms with E-state index in [4.69, 9.17) is 17.0 Å². The molecule has 0 saturated carbocycles. The van der Waals surface area contributed by atoms with Gasteiger partial charge in [-0.3, -0.25) is 0 Å². The van der Waals surface area contributed by atoms with E-state index in [0.717, 1.165) is 31.9 Å². The van der Waals surface area contributed by atoms with E-state index in [1.54, 1.807) is 4.57 Å². The number of hydrogen-bond donors (Lipinski definition) is 1. The quantitative estimate of drug-likeness (QED) is 0.855. The minimum atomic E-state index is -0.621. The van der Waals surface area contributed by atoms with Crippen LogP contribution in [0.2, 0.25) is 0 Å². The van der Waals surface area contributed by atoms with Gasteiger partial charge < -0.3 is 14.3 Å². The lowest BCUT2D eigenvalue weighted by molar-refractivity contribution is 0.00640. The molecule has 0 bridgehead atoms. The highest BCUT2D eigenvalue weighted by molar-refractivity contribution is 7.71. The number of aromatic amines is 1. The molecular formula is C13H14F2N2OS. The van der Waals surface area contributed by atoms with E-state index in [9.17, 15) is 8.78 Å². The number of nitrogens with zero attached hydrogens (tertiary/aromatic N) is 1. The van der Waals surface area contributed by atoms with Crippen molar-refractivity contribution in [1.29, 1.82) is 0 Å². The van der Waals surface area contributed by atoms with Gasteiger partial charge in [-0.2, -0.15) is 0 Å². The van der Waals surface area contributed by atoms with Gasteiger partial charge >= 0.3 is 0 Å². The van der Waals surface area contributed by atoms with Crippen LogP contribution in [0.3, 0.4) is 0 Å². The van der Waals surface area contributed by atoms with Crippen molar-refractivity contribution < 1.29 is 13.5 Å². The molecule has 0 amide bonds. The van der Waals surface area contributed by atoms with Crippen LogP contribution in [-0.4, -0.2) is 22.3 Å². The molecule has 1 saturated heterocycles. The van der Waals surface area contributed by atoms with Crippen molar-refractivity contribution in [1.82, 2.24) is 9.55 Å². The smallest absolute Gasteiger partial charge is 0.178 e. The Morgan fingerprint density at radius 1 is 1.37 bits per heavy atom. The van der Waals surface area contributed by atoms with Crippen molar-refractivity contribution in [2.24, 2.45) is 0 Å². The van der Waals surface area contributed by atoms with Crippen LogP contribution in [0.5, 0.6) is 0 Å². The van der Waals surface area contributed by atoms with Gasteiger partial charge in [-0.15, -0.1) is 0 Å². The molecular weight excluding hydrogens is 270 g/mol. The number of ether oxygens (including phenoxy) is 1. The van der Waals surface area contributed by atoms with Crippen molar-refractivity contribution in [2.75, 3.05) is 6.61 Å². The first-order valence-corrected chi connectivity index (χ1v) is 6.75. The molecule has 1 N–H and O–H groups in total. The van der Waals surface area contributed by atoms with Gasteiger partial charge in [-0.1, -0.05) is 0 Å². The van der Waals surface area contributed by atoms with Crippen LogP contribution in [-0.2, 0) is 11.3 Å². The lowest BCUT2D eigenvalue weighted by Crippen LogP contribution is -2.24. The largest absolute Gasteiger partial charge is 0.376 e. The number of benzene rings is 1. The summed E-state index contributed by atoms with van der Waals surface area (Å²) in [5, 5.41) is 0. The molecule has 1 aliphatic rings. The molecule has 3 nitrogen and oxygen atoms in total. The first-order valence-electron chi connectivity index (χ1n) is 6.34. The molecule has 1 fully saturated rings. The summed E-state index contributed by atoms with van der Waals surface area (Å²) in [4.78, 5) is 2.79. The highest BCUT2D eigenvalue weighted by Gasteiger charge is 2.17. The predicted octanol–water partition coefficient (Wildman–Crippen LogP) is 3.55. The molecule has 1 aromatic carbocycles. The number of imidazole rings is 1. The van der Waals surface area contributed by atoms with Crippen molar-refractivity contribution in [3.8, 4) is 0 Å². The second-order valence-corrected chi connectivity index (χ2v) is 5.20. The van der Waals surface area contributed by atoms with Gasteiger partial charge in [0.05, 0.1) is 18.2 Å². The maximum absolute atomic E-state index is 13.7. The zero-order valence-electron chi connectivity index (χ0n) is 10.3. The van der Waals surface area contributed by atoms with Crippen LogP contribution in [0.4, 0.5) is 8.78 Å². The second kappa shape index (κ2) is 5.02. The third kappa shape index (κ3) is 2.42. The van der Waals surface area contributed by atoms with Gasteiger partial charge in [0.2, 0.25) is 0 Å². The van der Waals surface area contributed by atoms with Crippen molar-refractivity contribution in [3.05, 3.63) is 28.5 Å². The summed E-state index contributed by atoms with van der Waals surface area (Å²) < 4.78 is 34.7. The molecule has 1 aromatic heterocycles. The fourth-order valence-corrected chi connectivity index (χ4v) is 2.79.